The molecule has 13 nitrogen and oxygen atoms in total. The van der Waals surface area contributed by atoms with Crippen LogP contribution in [0, 0.1) is 29.6 Å². The molecule has 0 spiro atoms. The van der Waals surface area contributed by atoms with E-state index >= 15 is 0 Å². The zero-order chi connectivity index (χ0) is 37.5. The van der Waals surface area contributed by atoms with Crippen LogP contribution in [0.1, 0.15) is 90.8 Å². The molecule has 0 aromatic heterocycles. The Bertz CT molecular complexity index is 1580. The average Bonchev–Trinajstić information content (AvgIpc) is 3.22. The third kappa shape index (κ3) is 5.69. The minimum absolute atomic E-state index is 0.0866. The van der Waals surface area contributed by atoms with Gasteiger partial charge < -0.3 is 50.0 Å². The summed E-state index contributed by atoms with van der Waals surface area (Å²) < 4.78 is 16.7. The third-order valence-electron chi connectivity index (χ3n) is 12.6. The molecule has 1 aliphatic heterocycles. The molecule has 3 aliphatic carbocycles. The number of aliphatic hydroxyl groups excluding tert-OH is 5. The van der Waals surface area contributed by atoms with Crippen LogP contribution >= 0.6 is 0 Å². The Kier molecular flexibility index (Phi) is 9.69. The number of hydrogen-bond acceptors (Lipinski definition) is 13. The Labute approximate surface area is 291 Å². The lowest BCUT2D eigenvalue weighted by Gasteiger charge is -2.60. The van der Waals surface area contributed by atoms with Crippen LogP contribution in [0.4, 0.5) is 0 Å². The monoisotopic (exact) mass is 704 g/mol. The van der Waals surface area contributed by atoms with Crippen molar-refractivity contribution in [3.05, 3.63) is 28.8 Å². The van der Waals surface area contributed by atoms with Crippen LogP contribution in [0.15, 0.2) is 12.1 Å². The third-order valence-corrected chi connectivity index (χ3v) is 12.6. The number of phenols is 1. The van der Waals surface area contributed by atoms with Crippen molar-refractivity contribution in [1.82, 2.24) is 0 Å². The molecule has 1 aromatic carbocycles. The average molecular weight is 705 g/mol. The van der Waals surface area contributed by atoms with Crippen LogP contribution in [-0.4, -0.2) is 108 Å². The number of ketones is 2. The van der Waals surface area contributed by atoms with Gasteiger partial charge in [-0.15, -0.1) is 0 Å². The van der Waals surface area contributed by atoms with Gasteiger partial charge in [0.25, 0.3) is 0 Å². The quantitative estimate of drug-likeness (QED) is 0.182. The maximum Gasteiger partial charge on any atom is 0.303 e. The van der Waals surface area contributed by atoms with Gasteiger partial charge in [0.15, 0.2) is 17.3 Å². The molecular weight excluding hydrogens is 652 g/mol. The van der Waals surface area contributed by atoms with E-state index in [9.17, 15) is 50.1 Å². The van der Waals surface area contributed by atoms with Crippen molar-refractivity contribution >= 4 is 23.6 Å². The van der Waals surface area contributed by atoms with Crippen LogP contribution in [-0.2, 0) is 29.3 Å². The van der Waals surface area contributed by atoms with Gasteiger partial charge in [0.2, 0.25) is 6.29 Å². The summed E-state index contributed by atoms with van der Waals surface area (Å²) in [5, 5.41) is 75.6. The van der Waals surface area contributed by atoms with E-state index in [1.54, 1.807) is 33.8 Å². The van der Waals surface area contributed by atoms with Crippen LogP contribution in [0.25, 0.3) is 6.08 Å². The second kappa shape index (κ2) is 12.6. The predicted molar refractivity (Wildman–Crippen MR) is 178 cm³/mol. The fourth-order valence-corrected chi connectivity index (χ4v) is 9.69. The van der Waals surface area contributed by atoms with Crippen LogP contribution in [0.5, 0.6) is 11.5 Å². The molecule has 4 aliphatic rings. The number of allylic oxidation sites excluding steroid dienone is 1. The molecule has 50 heavy (non-hydrogen) atoms. The second-order valence-corrected chi connectivity index (χ2v) is 16.3. The molecule has 1 saturated heterocycles. The highest BCUT2D eigenvalue weighted by Gasteiger charge is 2.73. The summed E-state index contributed by atoms with van der Waals surface area (Å²) in [7, 11) is 0. The molecule has 2 saturated carbocycles. The van der Waals surface area contributed by atoms with Gasteiger partial charge in [-0.1, -0.05) is 26.0 Å². The normalized spacial score (nSPS) is 39.2. The van der Waals surface area contributed by atoms with Crippen LogP contribution < -0.4 is 4.74 Å². The van der Waals surface area contributed by atoms with E-state index in [0.29, 0.717) is 16.7 Å². The zero-order valence-electron chi connectivity index (χ0n) is 30.0. The number of benzene rings is 1. The minimum atomic E-state index is -2.02. The molecule has 13 heteroatoms. The standard InChI is InChI=1S/C37H52O13/c1-17-19-9-10-24-34(5)14-21(40)31(37(8,47)25(41)11-12-33(3,4)50-18(2)39)35(34,6)15-26(42)36(24,7)20(19)13-22(27(17)43)48-32-30(46)29(45)28(44)23(16-38)49-32/h9-10,13,21,23-24,28-32,38,40,43-47H,11-12,14-16H2,1-8H3. The first kappa shape index (κ1) is 38.3. The molecule has 12 unspecified atom stereocenters. The van der Waals surface area contributed by atoms with E-state index in [1.165, 1.54) is 19.9 Å². The highest BCUT2D eigenvalue weighted by Crippen LogP contribution is 2.71. The maximum atomic E-state index is 14.6. The van der Waals surface area contributed by atoms with Crippen molar-refractivity contribution in [2.24, 2.45) is 22.7 Å². The van der Waals surface area contributed by atoms with Crippen molar-refractivity contribution in [2.75, 3.05) is 6.61 Å². The van der Waals surface area contributed by atoms with E-state index < -0.39 is 94.5 Å². The van der Waals surface area contributed by atoms with Crippen molar-refractivity contribution in [1.29, 1.82) is 0 Å². The number of phenolic OH excluding ortho intramolecular Hbond substituents is 1. The van der Waals surface area contributed by atoms with E-state index in [4.69, 9.17) is 14.2 Å². The summed E-state index contributed by atoms with van der Waals surface area (Å²) >= 11 is 0. The lowest BCUT2D eigenvalue weighted by molar-refractivity contribution is -0.277. The predicted octanol–water partition coefficient (Wildman–Crippen LogP) is 1.59. The first-order valence-corrected chi connectivity index (χ1v) is 17.2. The van der Waals surface area contributed by atoms with E-state index in [1.807, 2.05) is 19.9 Å². The van der Waals surface area contributed by atoms with Crippen molar-refractivity contribution < 1.29 is 64.3 Å². The molecule has 12 atom stereocenters. The van der Waals surface area contributed by atoms with E-state index in [2.05, 4.69) is 0 Å². The van der Waals surface area contributed by atoms with E-state index in [-0.39, 0.29) is 43.0 Å². The van der Waals surface area contributed by atoms with E-state index in [0.717, 1.165) is 0 Å². The number of esters is 1. The molecule has 1 heterocycles. The van der Waals surface area contributed by atoms with Crippen molar-refractivity contribution in [2.45, 2.75) is 135 Å². The largest absolute Gasteiger partial charge is 0.504 e. The first-order valence-electron chi connectivity index (χ1n) is 17.2. The summed E-state index contributed by atoms with van der Waals surface area (Å²) in [4.78, 5) is 39.9. The van der Waals surface area contributed by atoms with Gasteiger partial charge in [0.05, 0.1) is 18.1 Å². The molecule has 0 bridgehead atoms. The van der Waals surface area contributed by atoms with Crippen LogP contribution in [0.2, 0.25) is 0 Å². The molecule has 278 valence electrons. The number of aliphatic hydroxyl groups is 6. The van der Waals surface area contributed by atoms with Gasteiger partial charge in [0, 0.05) is 31.2 Å². The lowest BCUT2D eigenvalue weighted by Crippen LogP contribution is -2.63. The number of ether oxygens (including phenoxy) is 3. The highest BCUT2D eigenvalue weighted by molar-refractivity contribution is 5.96. The number of carbonyl (C=O) groups excluding carboxylic acids is 3. The molecule has 7 N–H and O–H groups in total. The van der Waals surface area contributed by atoms with Gasteiger partial charge in [-0.3, -0.25) is 14.4 Å². The Hall–Kier alpha value is -2.91. The Morgan fingerprint density at radius 1 is 1.04 bits per heavy atom. The second-order valence-electron chi connectivity index (χ2n) is 16.3. The summed E-state index contributed by atoms with van der Waals surface area (Å²) in [6.45, 7) is 12.6. The topological polar surface area (TPSA) is 221 Å². The van der Waals surface area contributed by atoms with Gasteiger partial charge in [-0.25, -0.2) is 0 Å². The lowest BCUT2D eigenvalue weighted by atomic mass is 9.42. The molecule has 5 rings (SSSR count). The van der Waals surface area contributed by atoms with Gasteiger partial charge >= 0.3 is 5.97 Å². The van der Waals surface area contributed by atoms with Crippen molar-refractivity contribution in [3.8, 4) is 11.5 Å². The fraction of sp³-hybridized carbons (Fsp3) is 0.703. The number of fused-ring (bicyclic) bond motifs is 5. The number of hydrogen-bond donors (Lipinski definition) is 7. The molecule has 1 aromatic rings. The summed E-state index contributed by atoms with van der Waals surface area (Å²) in [5.41, 5.74) is -4.58. The minimum Gasteiger partial charge on any atom is -0.504 e. The smallest absolute Gasteiger partial charge is 0.303 e. The van der Waals surface area contributed by atoms with Gasteiger partial charge in [-0.2, -0.15) is 0 Å². The van der Waals surface area contributed by atoms with Gasteiger partial charge in [0.1, 0.15) is 41.4 Å². The fourth-order valence-electron chi connectivity index (χ4n) is 9.69. The molecule has 3 fully saturated rings. The zero-order valence-corrected chi connectivity index (χ0v) is 30.0. The number of rotatable bonds is 9. The summed E-state index contributed by atoms with van der Waals surface area (Å²) in [6.07, 6.45) is -5.19. The van der Waals surface area contributed by atoms with Gasteiger partial charge in [-0.05, 0) is 81.4 Å². The first-order chi connectivity index (χ1) is 23.0. The number of Topliss-reactive ketones (excluding diaryl/α,β-unsaturated/α-hetero) is 2. The molecular formula is C37H52O13. The van der Waals surface area contributed by atoms with Crippen molar-refractivity contribution in [3.63, 3.8) is 0 Å². The molecule has 0 amide bonds. The Morgan fingerprint density at radius 2 is 1.68 bits per heavy atom. The van der Waals surface area contributed by atoms with Crippen LogP contribution in [0.3, 0.4) is 0 Å². The number of carbonyl (C=O) groups is 3. The molecule has 0 radical (unpaired) electrons. The maximum absolute atomic E-state index is 14.6. The Balaban J connectivity index is 1.50. The SMILES string of the molecule is CC(=O)OC(C)(C)CCC(=O)C(C)(O)C1C(O)CC2(C)C3C=Cc4c(cc(OC5OC(CO)C(O)C(O)C5O)c(O)c4C)C3(C)C(=O)CC12C. The number of aromatic hydroxyl groups is 1. The Morgan fingerprint density at radius 3 is 2.28 bits per heavy atom. The summed E-state index contributed by atoms with van der Waals surface area (Å²) in [6, 6.07) is 1.49. The highest BCUT2D eigenvalue weighted by atomic mass is 16.7. The summed E-state index contributed by atoms with van der Waals surface area (Å²) in [5.74, 6) is -3.22.